The van der Waals surface area contributed by atoms with Crippen molar-refractivity contribution in [3.8, 4) is 5.75 Å². The van der Waals surface area contributed by atoms with Crippen molar-refractivity contribution >= 4 is 17.4 Å². The van der Waals surface area contributed by atoms with Crippen LogP contribution < -0.4 is 5.73 Å². The standard InChI is InChI=1S/C15H17NOS/c1-10-3-6-15(11(2)7-10)18-9-12-4-5-14(17)13(16)8-12/h3-8,17H,9,16H2,1-2H3. The highest BCUT2D eigenvalue weighted by Gasteiger charge is 2.02. The molecule has 0 atom stereocenters. The van der Waals surface area contributed by atoms with Gasteiger partial charge < -0.3 is 10.8 Å². The van der Waals surface area contributed by atoms with Crippen molar-refractivity contribution in [2.45, 2.75) is 24.5 Å². The SMILES string of the molecule is Cc1ccc(SCc2ccc(O)c(N)c2)c(C)c1. The first-order valence-corrected chi connectivity index (χ1v) is 6.82. The minimum absolute atomic E-state index is 0.148. The lowest BCUT2D eigenvalue weighted by molar-refractivity contribution is 0.478. The fourth-order valence-corrected chi connectivity index (χ4v) is 2.77. The summed E-state index contributed by atoms with van der Waals surface area (Å²) in [5, 5.41) is 9.37. The van der Waals surface area contributed by atoms with E-state index >= 15 is 0 Å². The van der Waals surface area contributed by atoms with Crippen LogP contribution in [-0.4, -0.2) is 5.11 Å². The van der Waals surface area contributed by atoms with Crippen LogP contribution in [0.4, 0.5) is 5.69 Å². The Balaban J connectivity index is 2.09. The second-order valence-electron chi connectivity index (χ2n) is 4.45. The van der Waals surface area contributed by atoms with Crippen molar-refractivity contribution in [1.82, 2.24) is 0 Å². The number of hydrogen-bond acceptors (Lipinski definition) is 3. The zero-order chi connectivity index (χ0) is 13.1. The van der Waals surface area contributed by atoms with Gasteiger partial charge in [0.25, 0.3) is 0 Å². The van der Waals surface area contributed by atoms with E-state index in [1.165, 1.54) is 16.0 Å². The second kappa shape index (κ2) is 5.36. The second-order valence-corrected chi connectivity index (χ2v) is 5.47. The van der Waals surface area contributed by atoms with Crippen LogP contribution in [0.25, 0.3) is 0 Å². The van der Waals surface area contributed by atoms with Crippen molar-refractivity contribution in [1.29, 1.82) is 0 Å². The number of benzene rings is 2. The summed E-state index contributed by atoms with van der Waals surface area (Å²) in [5.74, 6) is 1.00. The van der Waals surface area contributed by atoms with E-state index in [9.17, 15) is 5.11 Å². The van der Waals surface area contributed by atoms with E-state index in [4.69, 9.17) is 5.73 Å². The summed E-state index contributed by atoms with van der Waals surface area (Å²) >= 11 is 1.79. The van der Waals surface area contributed by atoms with Crippen LogP contribution in [0.5, 0.6) is 5.75 Å². The Kier molecular flexibility index (Phi) is 3.82. The molecule has 0 spiro atoms. The minimum Gasteiger partial charge on any atom is -0.506 e. The Morgan fingerprint density at radius 3 is 2.56 bits per heavy atom. The predicted octanol–water partition coefficient (Wildman–Crippen LogP) is 3.88. The molecule has 0 aliphatic heterocycles. The van der Waals surface area contributed by atoms with E-state index in [1.807, 2.05) is 12.1 Å². The minimum atomic E-state index is 0.148. The van der Waals surface area contributed by atoms with Gasteiger partial charge in [-0.1, -0.05) is 23.8 Å². The summed E-state index contributed by atoms with van der Waals surface area (Å²) in [6.45, 7) is 4.22. The fraction of sp³-hybridized carbons (Fsp3) is 0.200. The summed E-state index contributed by atoms with van der Waals surface area (Å²) in [4.78, 5) is 1.28. The Labute approximate surface area is 112 Å². The van der Waals surface area contributed by atoms with Gasteiger partial charge in [-0.25, -0.2) is 0 Å². The Morgan fingerprint density at radius 1 is 1.11 bits per heavy atom. The molecular weight excluding hydrogens is 242 g/mol. The molecule has 0 heterocycles. The Bertz CT molecular complexity index is 566. The smallest absolute Gasteiger partial charge is 0.138 e. The molecule has 0 amide bonds. The van der Waals surface area contributed by atoms with Gasteiger partial charge in [0.2, 0.25) is 0 Å². The van der Waals surface area contributed by atoms with E-state index in [0.29, 0.717) is 5.69 Å². The lowest BCUT2D eigenvalue weighted by Crippen LogP contribution is -1.89. The molecule has 0 saturated heterocycles. The van der Waals surface area contributed by atoms with Crippen molar-refractivity contribution in [2.24, 2.45) is 0 Å². The molecule has 94 valence electrons. The summed E-state index contributed by atoms with van der Waals surface area (Å²) in [6.07, 6.45) is 0. The normalized spacial score (nSPS) is 10.6. The van der Waals surface area contributed by atoms with E-state index in [-0.39, 0.29) is 5.75 Å². The number of phenolic OH excluding ortho intramolecular Hbond substituents is 1. The molecule has 2 nitrogen and oxygen atoms in total. The first-order valence-electron chi connectivity index (χ1n) is 5.83. The molecule has 18 heavy (non-hydrogen) atoms. The monoisotopic (exact) mass is 259 g/mol. The number of nitrogen functional groups attached to an aromatic ring is 1. The maximum atomic E-state index is 9.37. The third-order valence-electron chi connectivity index (χ3n) is 2.82. The average molecular weight is 259 g/mol. The molecule has 0 radical (unpaired) electrons. The van der Waals surface area contributed by atoms with Crippen molar-refractivity contribution in [3.63, 3.8) is 0 Å². The van der Waals surface area contributed by atoms with E-state index in [1.54, 1.807) is 17.8 Å². The first-order chi connectivity index (χ1) is 8.56. The molecule has 0 fully saturated rings. The van der Waals surface area contributed by atoms with Gasteiger partial charge in [0.15, 0.2) is 0 Å². The van der Waals surface area contributed by atoms with Crippen LogP contribution in [0, 0.1) is 13.8 Å². The number of aromatic hydroxyl groups is 1. The highest BCUT2D eigenvalue weighted by molar-refractivity contribution is 7.98. The van der Waals surface area contributed by atoms with Gasteiger partial charge in [-0.15, -0.1) is 11.8 Å². The number of anilines is 1. The van der Waals surface area contributed by atoms with Crippen LogP contribution in [0.1, 0.15) is 16.7 Å². The number of thioether (sulfide) groups is 1. The fourth-order valence-electron chi connectivity index (χ4n) is 1.82. The molecule has 2 aromatic rings. The average Bonchev–Trinajstić information content (AvgIpc) is 2.32. The number of phenols is 1. The molecule has 0 aromatic heterocycles. The highest BCUT2D eigenvalue weighted by Crippen LogP contribution is 2.29. The molecule has 2 rings (SSSR count). The number of nitrogens with two attached hydrogens (primary N) is 1. The van der Waals surface area contributed by atoms with Gasteiger partial charge in [0, 0.05) is 10.6 Å². The van der Waals surface area contributed by atoms with Gasteiger partial charge in [-0.2, -0.15) is 0 Å². The van der Waals surface area contributed by atoms with Crippen LogP contribution in [0.15, 0.2) is 41.3 Å². The summed E-state index contributed by atoms with van der Waals surface area (Å²) in [5.41, 5.74) is 9.82. The first kappa shape index (κ1) is 12.8. The van der Waals surface area contributed by atoms with Crippen LogP contribution in [-0.2, 0) is 5.75 Å². The molecule has 2 aromatic carbocycles. The number of rotatable bonds is 3. The maximum Gasteiger partial charge on any atom is 0.138 e. The summed E-state index contributed by atoms with van der Waals surface area (Å²) in [7, 11) is 0. The molecule has 0 bridgehead atoms. The predicted molar refractivity (Wildman–Crippen MR) is 78.0 cm³/mol. The van der Waals surface area contributed by atoms with Crippen molar-refractivity contribution in [2.75, 3.05) is 5.73 Å². The number of aryl methyl sites for hydroxylation is 2. The molecule has 0 saturated carbocycles. The van der Waals surface area contributed by atoms with Gasteiger partial charge in [0.05, 0.1) is 5.69 Å². The van der Waals surface area contributed by atoms with E-state index in [0.717, 1.165) is 11.3 Å². The van der Waals surface area contributed by atoms with E-state index in [2.05, 4.69) is 32.0 Å². The zero-order valence-electron chi connectivity index (χ0n) is 10.6. The summed E-state index contributed by atoms with van der Waals surface area (Å²) < 4.78 is 0. The van der Waals surface area contributed by atoms with Gasteiger partial charge in [0.1, 0.15) is 5.75 Å². The van der Waals surface area contributed by atoms with Crippen LogP contribution in [0.3, 0.4) is 0 Å². The zero-order valence-corrected chi connectivity index (χ0v) is 11.4. The van der Waals surface area contributed by atoms with Gasteiger partial charge in [-0.05, 0) is 43.2 Å². The summed E-state index contributed by atoms with van der Waals surface area (Å²) in [6, 6.07) is 11.8. The lowest BCUT2D eigenvalue weighted by atomic mass is 10.2. The van der Waals surface area contributed by atoms with Crippen molar-refractivity contribution < 1.29 is 5.11 Å². The van der Waals surface area contributed by atoms with Crippen LogP contribution >= 0.6 is 11.8 Å². The van der Waals surface area contributed by atoms with Crippen molar-refractivity contribution in [3.05, 3.63) is 53.1 Å². The highest BCUT2D eigenvalue weighted by atomic mass is 32.2. The topological polar surface area (TPSA) is 46.2 Å². The van der Waals surface area contributed by atoms with Gasteiger partial charge in [-0.3, -0.25) is 0 Å². The number of hydrogen-bond donors (Lipinski definition) is 2. The third kappa shape index (κ3) is 2.99. The third-order valence-corrected chi connectivity index (χ3v) is 4.06. The quantitative estimate of drug-likeness (QED) is 0.499. The Morgan fingerprint density at radius 2 is 1.89 bits per heavy atom. The molecule has 3 N–H and O–H groups in total. The molecule has 0 aliphatic carbocycles. The lowest BCUT2D eigenvalue weighted by Gasteiger charge is -2.07. The molecule has 0 unspecified atom stereocenters. The molecule has 3 heteroatoms. The maximum absolute atomic E-state index is 9.37. The Hall–Kier alpha value is -1.61. The largest absolute Gasteiger partial charge is 0.506 e. The molecule has 0 aliphatic rings. The molecular formula is C15H17NOS. The van der Waals surface area contributed by atoms with Crippen LogP contribution in [0.2, 0.25) is 0 Å². The van der Waals surface area contributed by atoms with Gasteiger partial charge >= 0.3 is 0 Å². The van der Waals surface area contributed by atoms with E-state index < -0.39 is 0 Å².